The lowest BCUT2D eigenvalue weighted by molar-refractivity contribution is -0.151. The van der Waals surface area contributed by atoms with Gasteiger partial charge in [0.2, 0.25) is 17.7 Å². The van der Waals surface area contributed by atoms with Gasteiger partial charge in [-0.3, -0.25) is 19.2 Å². The van der Waals surface area contributed by atoms with E-state index in [4.69, 9.17) is 15.2 Å². The number of rotatable bonds is 14. The Morgan fingerprint density at radius 2 is 1.57 bits per heavy atom. The summed E-state index contributed by atoms with van der Waals surface area (Å²) < 4.78 is 10.4. The highest BCUT2D eigenvalue weighted by Crippen LogP contribution is 2.31. The highest BCUT2D eigenvalue weighted by molar-refractivity contribution is 6.00. The topological polar surface area (TPSA) is 199 Å². The number of anilines is 1. The minimum absolute atomic E-state index is 0.0678. The van der Waals surface area contributed by atoms with E-state index in [-0.39, 0.29) is 63.0 Å². The van der Waals surface area contributed by atoms with Gasteiger partial charge in [-0.05, 0) is 88.9 Å². The summed E-state index contributed by atoms with van der Waals surface area (Å²) in [7, 11) is 0. The number of hydrogen-bond acceptors (Lipinski definition) is 11. The van der Waals surface area contributed by atoms with Crippen LogP contribution in [0.3, 0.4) is 0 Å². The van der Waals surface area contributed by atoms with Gasteiger partial charge >= 0.3 is 12.1 Å². The number of azo groups is 1. The van der Waals surface area contributed by atoms with Gasteiger partial charge in [0.1, 0.15) is 11.6 Å². The quantitative estimate of drug-likeness (QED) is 0.199. The number of nitrogens with zero attached hydrogens (tertiary/aromatic N) is 3. The number of ether oxygens (including phenoxy) is 2. The molecule has 2 aromatic rings. The lowest BCUT2D eigenvalue weighted by atomic mass is 9.98. The Labute approximate surface area is 273 Å². The highest BCUT2D eigenvalue weighted by atomic mass is 16.6. The first-order valence-corrected chi connectivity index (χ1v) is 15.4. The van der Waals surface area contributed by atoms with Crippen molar-refractivity contribution in [3.63, 3.8) is 0 Å². The first-order chi connectivity index (χ1) is 22.3. The number of benzene rings is 2. The van der Waals surface area contributed by atoms with Crippen LogP contribution >= 0.6 is 0 Å². The fourth-order valence-electron chi connectivity index (χ4n) is 4.74. The molecular formula is C33H42N6O8. The van der Waals surface area contributed by atoms with Crippen LogP contribution in [0.1, 0.15) is 58.9 Å². The van der Waals surface area contributed by atoms with Crippen molar-refractivity contribution in [1.29, 1.82) is 0 Å². The maximum absolute atomic E-state index is 13.0. The van der Waals surface area contributed by atoms with Crippen LogP contribution in [-0.4, -0.2) is 71.8 Å². The smallest absolute Gasteiger partial charge is 0.417 e. The van der Waals surface area contributed by atoms with Crippen LogP contribution < -0.4 is 16.4 Å². The van der Waals surface area contributed by atoms with Crippen LogP contribution in [0.15, 0.2) is 58.8 Å². The van der Waals surface area contributed by atoms with E-state index in [2.05, 4.69) is 20.9 Å². The lowest BCUT2D eigenvalue weighted by Gasteiger charge is -2.26. The van der Waals surface area contributed by atoms with E-state index in [9.17, 15) is 28.8 Å². The molecule has 4 amide bonds. The van der Waals surface area contributed by atoms with Crippen LogP contribution in [0.25, 0.3) is 0 Å². The van der Waals surface area contributed by atoms with Crippen molar-refractivity contribution < 1.29 is 38.2 Å². The second-order valence-corrected chi connectivity index (χ2v) is 11.9. The van der Waals surface area contributed by atoms with E-state index in [0.717, 1.165) is 10.5 Å². The number of imide groups is 1. The van der Waals surface area contributed by atoms with E-state index in [1.54, 1.807) is 76.2 Å². The number of hydrogen-bond donors (Lipinski definition) is 3. The summed E-state index contributed by atoms with van der Waals surface area (Å²) in [5, 5.41) is 13.6. The first kappa shape index (κ1) is 36.5. The van der Waals surface area contributed by atoms with Crippen molar-refractivity contribution in [2.24, 2.45) is 21.9 Å². The molecule has 0 aromatic heterocycles. The normalized spacial score (nSPS) is 16.2. The lowest BCUT2D eigenvalue weighted by Crippen LogP contribution is -2.46. The molecule has 1 aliphatic rings. The maximum Gasteiger partial charge on any atom is 0.417 e. The molecule has 4 N–H and O–H groups in total. The minimum Gasteiger partial charge on any atom is -0.464 e. The molecule has 1 unspecified atom stereocenters. The molecule has 0 bridgehead atoms. The Morgan fingerprint density at radius 1 is 0.957 bits per heavy atom. The van der Waals surface area contributed by atoms with Gasteiger partial charge in [0.25, 0.3) is 0 Å². The Balaban J connectivity index is 1.42. The molecule has 0 aliphatic carbocycles. The monoisotopic (exact) mass is 650 g/mol. The zero-order chi connectivity index (χ0) is 34.6. The van der Waals surface area contributed by atoms with E-state index in [0.29, 0.717) is 23.5 Å². The molecule has 0 radical (unpaired) electrons. The van der Waals surface area contributed by atoms with Crippen molar-refractivity contribution in [1.82, 2.24) is 10.2 Å². The van der Waals surface area contributed by atoms with Gasteiger partial charge in [-0.1, -0.05) is 12.1 Å². The molecule has 1 fully saturated rings. The van der Waals surface area contributed by atoms with Crippen molar-refractivity contribution in [3.05, 3.63) is 54.1 Å². The summed E-state index contributed by atoms with van der Waals surface area (Å²) in [4.78, 5) is 75.3. The maximum atomic E-state index is 13.0. The summed E-state index contributed by atoms with van der Waals surface area (Å²) in [6, 6.07) is 12.7. The van der Waals surface area contributed by atoms with E-state index < -0.39 is 35.5 Å². The summed E-state index contributed by atoms with van der Waals surface area (Å²) in [6.07, 6.45) is -0.0488. The second-order valence-electron chi connectivity index (χ2n) is 11.9. The molecule has 14 nitrogen and oxygen atoms in total. The number of esters is 1. The van der Waals surface area contributed by atoms with Crippen molar-refractivity contribution in [3.8, 4) is 0 Å². The van der Waals surface area contributed by atoms with Gasteiger partial charge in [-0.25, -0.2) is 14.5 Å². The molecule has 2 atom stereocenters. The summed E-state index contributed by atoms with van der Waals surface area (Å²) in [5.41, 5.74) is 6.94. The Morgan fingerprint density at radius 3 is 2.15 bits per heavy atom. The number of likely N-dealkylation sites (tertiary alicyclic amines) is 1. The molecule has 1 saturated heterocycles. The minimum atomic E-state index is -1.08. The van der Waals surface area contributed by atoms with Gasteiger partial charge in [-0.2, -0.15) is 10.2 Å². The summed E-state index contributed by atoms with van der Waals surface area (Å²) >= 11 is 0. The summed E-state index contributed by atoms with van der Waals surface area (Å²) in [5.74, 6) is -2.69. The second kappa shape index (κ2) is 17.1. The van der Waals surface area contributed by atoms with Crippen LogP contribution in [0.4, 0.5) is 21.9 Å². The standard InChI is InChI=1S/C33H42N6O8/c1-5-46-31(44)27-18-22(30(43)39(27)32(45)47-33(2,3)4)7-6-8-28(41)35-20-26(40)17-21-9-11-24(12-10-21)37-38-25-15-13-23(14-16-25)36-29(42)19-34/h9-16,22,27H,5-8,17-20,34H2,1-4H3,(H,35,41)(H,36,42)/t22?,27-/m0/s1. The van der Waals surface area contributed by atoms with Crippen LogP contribution in [0.2, 0.25) is 0 Å². The average molecular weight is 651 g/mol. The zero-order valence-electron chi connectivity index (χ0n) is 27.1. The Bertz CT molecular complexity index is 1470. The van der Waals surface area contributed by atoms with Crippen LogP contribution in [0.5, 0.6) is 0 Å². The Kier molecular flexibility index (Phi) is 13.3. The van der Waals surface area contributed by atoms with Crippen LogP contribution in [0, 0.1) is 5.92 Å². The molecule has 0 saturated carbocycles. The third-order valence-corrected chi connectivity index (χ3v) is 6.95. The molecule has 14 heteroatoms. The SMILES string of the molecule is CCOC(=O)[C@@H]1CC(CCCC(=O)NCC(=O)Cc2ccc(N=Nc3ccc(NC(=O)CN)cc3)cc2)C(=O)N1C(=O)OC(C)(C)C. The van der Waals surface area contributed by atoms with Crippen LogP contribution in [-0.2, 0) is 39.9 Å². The van der Waals surface area contributed by atoms with Crippen molar-refractivity contribution in [2.75, 3.05) is 25.0 Å². The number of amides is 4. The number of nitrogens with one attached hydrogen (secondary N) is 2. The number of Topliss-reactive ketones (excluding diaryl/α,β-unsaturated/α-hetero) is 1. The Hall–Kier alpha value is -4.98. The number of ketones is 1. The molecule has 0 spiro atoms. The van der Waals surface area contributed by atoms with Gasteiger partial charge in [0, 0.05) is 24.4 Å². The van der Waals surface area contributed by atoms with Gasteiger partial charge in [0.15, 0.2) is 5.78 Å². The highest BCUT2D eigenvalue weighted by Gasteiger charge is 2.48. The molecule has 3 rings (SSSR count). The number of carbonyl (C=O) groups is 6. The van der Waals surface area contributed by atoms with Gasteiger partial charge in [-0.15, -0.1) is 0 Å². The summed E-state index contributed by atoms with van der Waals surface area (Å²) in [6.45, 7) is 6.46. The fourth-order valence-corrected chi connectivity index (χ4v) is 4.74. The molecule has 1 heterocycles. The third kappa shape index (κ3) is 11.7. The van der Waals surface area contributed by atoms with E-state index >= 15 is 0 Å². The van der Waals surface area contributed by atoms with E-state index in [1.165, 1.54) is 0 Å². The number of carbonyl (C=O) groups excluding carboxylic acids is 6. The van der Waals surface area contributed by atoms with E-state index in [1.807, 2.05) is 0 Å². The molecular weight excluding hydrogens is 608 g/mol. The fraction of sp³-hybridized carbons (Fsp3) is 0.455. The van der Waals surface area contributed by atoms with Crippen molar-refractivity contribution >= 4 is 52.6 Å². The molecule has 47 heavy (non-hydrogen) atoms. The largest absolute Gasteiger partial charge is 0.464 e. The predicted octanol–water partition coefficient (Wildman–Crippen LogP) is 4.11. The average Bonchev–Trinajstić information content (AvgIpc) is 3.35. The zero-order valence-corrected chi connectivity index (χ0v) is 27.1. The molecule has 252 valence electrons. The predicted molar refractivity (Wildman–Crippen MR) is 172 cm³/mol. The van der Waals surface area contributed by atoms with Gasteiger partial charge < -0.3 is 25.8 Å². The third-order valence-electron chi connectivity index (χ3n) is 6.95. The van der Waals surface area contributed by atoms with Gasteiger partial charge in [0.05, 0.1) is 31.1 Å². The molecule has 1 aliphatic heterocycles. The first-order valence-electron chi connectivity index (χ1n) is 15.4. The van der Waals surface area contributed by atoms with Crippen molar-refractivity contribution in [2.45, 2.75) is 71.4 Å². The number of nitrogens with two attached hydrogens (primary N) is 1. The molecule has 2 aromatic carbocycles.